The summed E-state index contributed by atoms with van der Waals surface area (Å²) >= 11 is 0. The first-order valence-corrected chi connectivity index (χ1v) is 10.4. The molecule has 0 spiro atoms. The number of alkyl halides is 3. The number of aryl methyl sites for hydroxylation is 1. The second-order valence-electron chi connectivity index (χ2n) is 8.01. The van der Waals surface area contributed by atoms with Crippen molar-refractivity contribution in [1.29, 1.82) is 0 Å². The molecule has 2 aromatic carbocycles. The first-order chi connectivity index (χ1) is 16.7. The molecule has 2 aromatic heterocycles. The summed E-state index contributed by atoms with van der Waals surface area (Å²) in [6, 6.07) is 9.55. The molecular weight excluding hydrogens is 466 g/mol. The van der Waals surface area contributed by atoms with E-state index in [1.807, 2.05) is 37.5 Å². The number of nitrogens with zero attached hydrogens (tertiary/aromatic N) is 5. The Hall–Kier alpha value is -4.28. The van der Waals surface area contributed by atoms with Gasteiger partial charge in [0.25, 0.3) is 5.91 Å². The number of aromatic nitrogens is 4. The van der Waals surface area contributed by atoms with Crippen LogP contribution in [0, 0.1) is 5.82 Å². The third-order valence-corrected chi connectivity index (χ3v) is 5.56. The summed E-state index contributed by atoms with van der Waals surface area (Å²) < 4.78 is 59.8. The molecule has 0 aliphatic carbocycles. The molecule has 3 heterocycles. The number of ether oxygens (including phenoxy) is 1. The van der Waals surface area contributed by atoms with Crippen molar-refractivity contribution in [2.45, 2.75) is 19.3 Å². The first-order valence-electron chi connectivity index (χ1n) is 10.4. The molecule has 1 amide bonds. The van der Waals surface area contributed by atoms with Gasteiger partial charge in [0, 0.05) is 25.4 Å². The zero-order valence-electron chi connectivity index (χ0n) is 18.3. The average molecular weight is 483 g/mol. The number of hydrogen-bond acceptors (Lipinski definition) is 5. The van der Waals surface area contributed by atoms with E-state index in [1.165, 1.54) is 4.90 Å². The van der Waals surface area contributed by atoms with Crippen LogP contribution in [0.15, 0.2) is 61.2 Å². The van der Waals surface area contributed by atoms with Crippen molar-refractivity contribution >= 4 is 5.91 Å². The molecule has 0 atom stereocenters. The van der Waals surface area contributed by atoms with Crippen LogP contribution in [0.4, 0.5) is 17.6 Å². The molecule has 0 N–H and O–H groups in total. The predicted octanol–water partition coefficient (Wildman–Crippen LogP) is 4.98. The summed E-state index contributed by atoms with van der Waals surface area (Å²) in [5.41, 5.74) is 2.13. The van der Waals surface area contributed by atoms with Gasteiger partial charge < -0.3 is 9.64 Å². The number of rotatable bonds is 5. The third-order valence-electron chi connectivity index (χ3n) is 5.56. The van der Waals surface area contributed by atoms with Crippen LogP contribution in [0.3, 0.4) is 0 Å². The Kier molecular flexibility index (Phi) is 5.46. The maximum Gasteiger partial charge on any atom is 0.416 e. The van der Waals surface area contributed by atoms with Gasteiger partial charge in [-0.05, 0) is 29.3 Å². The molecule has 1 aliphatic rings. The van der Waals surface area contributed by atoms with Crippen LogP contribution in [-0.4, -0.2) is 30.6 Å². The quantitative estimate of drug-likeness (QED) is 0.374. The van der Waals surface area contributed by atoms with E-state index in [-0.39, 0.29) is 24.5 Å². The van der Waals surface area contributed by atoms with Gasteiger partial charge in [-0.15, -0.1) is 0 Å². The fourth-order valence-corrected chi connectivity index (χ4v) is 3.81. The molecule has 0 saturated carbocycles. The van der Waals surface area contributed by atoms with Gasteiger partial charge in [-0.3, -0.25) is 9.48 Å². The fourth-order valence-electron chi connectivity index (χ4n) is 3.81. The second kappa shape index (κ2) is 8.49. The minimum absolute atomic E-state index is 0.0544. The topological polar surface area (TPSA) is 73.1 Å². The molecule has 0 bridgehead atoms. The van der Waals surface area contributed by atoms with Crippen LogP contribution in [0.5, 0.6) is 11.6 Å². The lowest BCUT2D eigenvalue weighted by Gasteiger charge is -2.16. The summed E-state index contributed by atoms with van der Waals surface area (Å²) in [4.78, 5) is 22.7. The average Bonchev–Trinajstić information content (AvgIpc) is 3.39. The molecule has 35 heavy (non-hydrogen) atoms. The van der Waals surface area contributed by atoms with E-state index >= 15 is 0 Å². The van der Waals surface area contributed by atoms with Gasteiger partial charge in [0.05, 0.1) is 24.0 Å². The monoisotopic (exact) mass is 483 g/mol. The molecule has 4 aromatic rings. The van der Waals surface area contributed by atoms with Crippen molar-refractivity contribution in [2.24, 2.45) is 7.05 Å². The normalized spacial score (nSPS) is 13.3. The van der Waals surface area contributed by atoms with Gasteiger partial charge in [-0.25, -0.2) is 14.4 Å². The highest BCUT2D eigenvalue weighted by molar-refractivity contribution is 5.99. The maximum atomic E-state index is 14.3. The molecule has 1 aliphatic heterocycles. The number of benzene rings is 2. The van der Waals surface area contributed by atoms with Crippen LogP contribution in [0.1, 0.15) is 27.2 Å². The number of fused-ring (bicyclic) bond motifs is 1. The van der Waals surface area contributed by atoms with Crippen molar-refractivity contribution in [3.8, 4) is 22.8 Å². The van der Waals surface area contributed by atoms with Crippen LogP contribution in [0.25, 0.3) is 11.1 Å². The molecule has 7 nitrogen and oxygen atoms in total. The summed E-state index contributed by atoms with van der Waals surface area (Å²) in [5.74, 6) is -2.33. The number of amides is 1. The van der Waals surface area contributed by atoms with Crippen LogP contribution in [0.2, 0.25) is 0 Å². The Morgan fingerprint density at radius 1 is 1.06 bits per heavy atom. The number of hydrogen-bond donors (Lipinski definition) is 0. The molecule has 0 saturated heterocycles. The second-order valence-corrected chi connectivity index (χ2v) is 8.01. The lowest BCUT2D eigenvalue weighted by atomic mass is 10.1. The Bertz CT molecular complexity index is 1420. The molecule has 0 fully saturated rings. The Morgan fingerprint density at radius 3 is 2.49 bits per heavy atom. The fraction of sp³-hybridized carbons (Fsp3) is 0.167. The molecular formula is C24H17F4N5O2. The summed E-state index contributed by atoms with van der Waals surface area (Å²) in [5, 5.41) is 4.16. The van der Waals surface area contributed by atoms with Gasteiger partial charge in [0.1, 0.15) is 11.9 Å². The molecule has 0 unspecified atom stereocenters. The Morgan fingerprint density at radius 2 is 1.83 bits per heavy atom. The molecule has 5 rings (SSSR count). The van der Waals surface area contributed by atoms with Crippen molar-refractivity contribution < 1.29 is 27.1 Å². The minimum Gasteiger partial charge on any atom is -0.435 e. The number of carbonyl (C=O) groups is 1. The molecule has 0 radical (unpaired) electrons. The van der Waals surface area contributed by atoms with Crippen molar-refractivity contribution in [2.75, 3.05) is 0 Å². The van der Waals surface area contributed by atoms with Crippen LogP contribution < -0.4 is 4.74 Å². The van der Waals surface area contributed by atoms with Crippen LogP contribution in [-0.2, 0) is 26.3 Å². The van der Waals surface area contributed by atoms with Crippen molar-refractivity contribution in [3.05, 3.63) is 89.4 Å². The zero-order chi connectivity index (χ0) is 24.7. The standard InChI is InChI=1S/C24H17F4N5O2/c1-32-11-16(9-31-32)15-4-2-14(3-5-15)10-33-12-19-21(23(33)34)22(30-13-29-19)35-20-7-6-17(8-18(20)25)24(26,27)28/h2-9,11,13H,10,12H2,1H3. The van der Waals surface area contributed by atoms with E-state index in [9.17, 15) is 22.4 Å². The number of halogens is 4. The smallest absolute Gasteiger partial charge is 0.416 e. The molecule has 11 heteroatoms. The van der Waals surface area contributed by atoms with E-state index in [4.69, 9.17) is 4.74 Å². The van der Waals surface area contributed by atoms with Gasteiger partial charge in [0.15, 0.2) is 11.6 Å². The predicted molar refractivity (Wildman–Crippen MR) is 116 cm³/mol. The van der Waals surface area contributed by atoms with Gasteiger partial charge >= 0.3 is 6.18 Å². The van der Waals surface area contributed by atoms with Gasteiger partial charge in [-0.1, -0.05) is 24.3 Å². The lowest BCUT2D eigenvalue weighted by molar-refractivity contribution is -0.137. The highest BCUT2D eigenvalue weighted by Crippen LogP contribution is 2.35. The molecule has 178 valence electrons. The SMILES string of the molecule is Cn1cc(-c2ccc(CN3Cc4ncnc(Oc5ccc(C(F)(F)F)cc5F)c4C3=O)cc2)cn1. The van der Waals surface area contributed by atoms with Gasteiger partial charge in [0.2, 0.25) is 5.88 Å². The van der Waals surface area contributed by atoms with E-state index in [0.29, 0.717) is 17.8 Å². The van der Waals surface area contributed by atoms with E-state index in [2.05, 4.69) is 15.1 Å². The van der Waals surface area contributed by atoms with E-state index in [1.54, 1.807) is 10.9 Å². The van der Waals surface area contributed by atoms with E-state index in [0.717, 1.165) is 29.1 Å². The third kappa shape index (κ3) is 4.44. The minimum atomic E-state index is -4.69. The maximum absolute atomic E-state index is 14.3. The largest absolute Gasteiger partial charge is 0.435 e. The zero-order valence-corrected chi connectivity index (χ0v) is 18.3. The van der Waals surface area contributed by atoms with Crippen molar-refractivity contribution in [3.63, 3.8) is 0 Å². The highest BCUT2D eigenvalue weighted by atomic mass is 19.4. The van der Waals surface area contributed by atoms with Crippen molar-refractivity contribution in [1.82, 2.24) is 24.6 Å². The van der Waals surface area contributed by atoms with E-state index < -0.39 is 29.2 Å². The Labute approximate surface area is 196 Å². The summed E-state index contributed by atoms with van der Waals surface area (Å²) in [6.45, 7) is 0.476. The summed E-state index contributed by atoms with van der Waals surface area (Å²) in [6.07, 6.45) is 0.127. The first kappa shape index (κ1) is 22.5. The summed E-state index contributed by atoms with van der Waals surface area (Å²) in [7, 11) is 1.83. The van der Waals surface area contributed by atoms with Gasteiger partial charge in [-0.2, -0.15) is 18.3 Å². The lowest BCUT2D eigenvalue weighted by Crippen LogP contribution is -2.23. The highest BCUT2D eigenvalue weighted by Gasteiger charge is 2.34. The number of carbonyl (C=O) groups excluding carboxylic acids is 1. The Balaban J connectivity index is 1.34. The van der Waals surface area contributed by atoms with Crippen LogP contribution >= 0.6 is 0 Å².